The van der Waals surface area contributed by atoms with Gasteiger partial charge in [-0.15, -0.1) is 0 Å². The number of carbonyl (C=O) groups is 1. The molecule has 1 fully saturated rings. The number of sulfonamides is 1. The summed E-state index contributed by atoms with van der Waals surface area (Å²) in [6.45, 7) is 1.82. The topological polar surface area (TPSA) is 95.9 Å². The number of likely N-dealkylation sites (tertiary alicyclic amines) is 1. The smallest absolute Gasteiger partial charge is 0.274 e. The first-order valence-corrected chi connectivity index (χ1v) is 11.8. The van der Waals surface area contributed by atoms with Crippen molar-refractivity contribution in [3.8, 4) is 5.75 Å². The van der Waals surface area contributed by atoms with Crippen molar-refractivity contribution in [3.63, 3.8) is 0 Å². The number of fused-ring (bicyclic) bond motifs is 2. The Balaban J connectivity index is 1.65. The molecule has 0 radical (unpaired) electrons. The van der Waals surface area contributed by atoms with Crippen LogP contribution < -0.4 is 4.74 Å². The summed E-state index contributed by atoms with van der Waals surface area (Å²) >= 11 is 0. The summed E-state index contributed by atoms with van der Waals surface area (Å²) in [6, 6.07) is 6.43. The molecule has 0 N–H and O–H groups in total. The van der Waals surface area contributed by atoms with Crippen molar-refractivity contribution in [2.45, 2.75) is 29.9 Å². The minimum absolute atomic E-state index is 0.201. The predicted molar refractivity (Wildman–Crippen MR) is 114 cm³/mol. The lowest BCUT2D eigenvalue weighted by atomic mass is 10.1. The molecule has 0 bridgehead atoms. The van der Waals surface area contributed by atoms with Crippen LogP contribution in [0.3, 0.4) is 0 Å². The SMILES string of the molecule is CN(C)CCN1[C@@H]2CCN(C(=O)c3cnccn3)CC[C@H]2Oc2ccccc2S1(=O)=O. The van der Waals surface area contributed by atoms with E-state index < -0.39 is 10.0 Å². The van der Waals surface area contributed by atoms with Gasteiger partial charge in [0.15, 0.2) is 0 Å². The lowest BCUT2D eigenvalue weighted by molar-refractivity contribution is 0.0749. The number of para-hydroxylation sites is 1. The maximum Gasteiger partial charge on any atom is 0.274 e. The number of aromatic nitrogens is 2. The molecular weight excluding hydrogens is 418 g/mol. The number of hydrogen-bond donors (Lipinski definition) is 0. The monoisotopic (exact) mass is 445 g/mol. The first-order chi connectivity index (χ1) is 14.9. The van der Waals surface area contributed by atoms with Crippen LogP contribution in [0.2, 0.25) is 0 Å². The molecule has 4 rings (SSSR count). The molecule has 9 nitrogen and oxygen atoms in total. The van der Waals surface area contributed by atoms with Crippen molar-refractivity contribution >= 4 is 15.9 Å². The van der Waals surface area contributed by atoms with Gasteiger partial charge in [-0.1, -0.05) is 12.1 Å². The number of benzene rings is 1. The number of carbonyl (C=O) groups excluding carboxylic acids is 1. The highest BCUT2D eigenvalue weighted by molar-refractivity contribution is 7.89. The molecule has 3 heterocycles. The van der Waals surface area contributed by atoms with Gasteiger partial charge in [0.25, 0.3) is 5.91 Å². The maximum atomic E-state index is 13.6. The summed E-state index contributed by atoms with van der Waals surface area (Å²) in [5.41, 5.74) is 0.285. The summed E-state index contributed by atoms with van der Waals surface area (Å²) in [4.78, 5) is 24.9. The summed E-state index contributed by atoms with van der Waals surface area (Å²) in [6.07, 6.45) is 5.13. The summed E-state index contributed by atoms with van der Waals surface area (Å²) < 4.78 is 35.0. The summed E-state index contributed by atoms with van der Waals surface area (Å²) in [5, 5.41) is 0. The zero-order valence-corrected chi connectivity index (χ0v) is 18.5. The highest BCUT2D eigenvalue weighted by atomic mass is 32.2. The second kappa shape index (κ2) is 8.89. The standard InChI is InChI=1S/C21H27N5O4S/c1-24(2)13-14-26-17-7-11-25(21(27)16-15-22-9-10-23-16)12-8-18(17)30-19-5-3-4-6-20(19)31(26,28)29/h3-6,9-10,15,17-18H,7-8,11-14H2,1-2H3/t17-,18-/m1/s1. The van der Waals surface area contributed by atoms with Gasteiger partial charge >= 0.3 is 0 Å². The molecule has 2 aliphatic rings. The van der Waals surface area contributed by atoms with Crippen LogP contribution in [0.5, 0.6) is 5.75 Å². The molecule has 0 spiro atoms. The molecular formula is C21H27N5O4S. The highest BCUT2D eigenvalue weighted by Gasteiger charge is 2.43. The normalized spacial score (nSPS) is 23.3. The first-order valence-electron chi connectivity index (χ1n) is 10.4. The number of ether oxygens (including phenoxy) is 1. The minimum Gasteiger partial charge on any atom is -0.487 e. The highest BCUT2D eigenvalue weighted by Crippen LogP contribution is 2.36. The van der Waals surface area contributed by atoms with E-state index in [0.29, 0.717) is 44.8 Å². The minimum atomic E-state index is -3.74. The third-order valence-electron chi connectivity index (χ3n) is 5.73. The Kier molecular flexibility index (Phi) is 6.22. The number of likely N-dealkylation sites (N-methyl/N-ethyl adjacent to an activating group) is 1. The van der Waals surface area contributed by atoms with Gasteiger partial charge in [0.2, 0.25) is 10.0 Å². The average molecular weight is 446 g/mol. The molecule has 1 aromatic carbocycles. The average Bonchev–Trinajstić information content (AvgIpc) is 3.01. The van der Waals surface area contributed by atoms with Gasteiger partial charge in [-0.2, -0.15) is 4.31 Å². The number of rotatable bonds is 4. The zero-order chi connectivity index (χ0) is 22.0. The van der Waals surface area contributed by atoms with Crippen molar-refractivity contribution in [3.05, 3.63) is 48.5 Å². The van der Waals surface area contributed by atoms with Crippen LogP contribution in [0.25, 0.3) is 0 Å². The van der Waals surface area contributed by atoms with Crippen molar-refractivity contribution in [1.29, 1.82) is 0 Å². The second-order valence-corrected chi connectivity index (χ2v) is 9.91. The van der Waals surface area contributed by atoms with E-state index in [1.807, 2.05) is 19.0 Å². The third kappa shape index (κ3) is 4.41. The lowest BCUT2D eigenvalue weighted by Crippen LogP contribution is -2.49. The van der Waals surface area contributed by atoms with E-state index in [0.717, 1.165) is 0 Å². The van der Waals surface area contributed by atoms with Crippen molar-refractivity contribution in [2.24, 2.45) is 0 Å². The van der Waals surface area contributed by atoms with Crippen LogP contribution in [-0.4, -0.2) is 90.8 Å². The predicted octanol–water partition coefficient (Wildman–Crippen LogP) is 1.09. The van der Waals surface area contributed by atoms with E-state index in [4.69, 9.17) is 4.74 Å². The van der Waals surface area contributed by atoms with Gasteiger partial charge in [0, 0.05) is 45.0 Å². The van der Waals surface area contributed by atoms with E-state index in [1.165, 1.54) is 18.6 Å². The van der Waals surface area contributed by atoms with Crippen molar-refractivity contribution in [1.82, 2.24) is 24.1 Å². The van der Waals surface area contributed by atoms with Gasteiger partial charge < -0.3 is 14.5 Å². The van der Waals surface area contributed by atoms with Gasteiger partial charge in [-0.25, -0.2) is 13.4 Å². The van der Waals surface area contributed by atoms with Gasteiger partial charge in [-0.05, 0) is 32.6 Å². The van der Waals surface area contributed by atoms with Crippen molar-refractivity contribution in [2.75, 3.05) is 40.3 Å². The number of hydrogen-bond acceptors (Lipinski definition) is 7. The molecule has 1 aromatic heterocycles. The third-order valence-corrected chi connectivity index (χ3v) is 7.69. The Hall–Kier alpha value is -2.56. The molecule has 0 unspecified atom stereocenters. The van der Waals surface area contributed by atoms with Crippen molar-refractivity contribution < 1.29 is 17.9 Å². The molecule has 0 aliphatic carbocycles. The van der Waals surface area contributed by atoms with E-state index >= 15 is 0 Å². The van der Waals surface area contributed by atoms with Crippen LogP contribution >= 0.6 is 0 Å². The molecule has 2 aliphatic heterocycles. The summed E-state index contributed by atoms with van der Waals surface area (Å²) in [7, 11) is 0.0993. The molecule has 0 saturated carbocycles. The Morgan fingerprint density at radius 1 is 1.19 bits per heavy atom. The van der Waals surface area contributed by atoms with Crippen LogP contribution in [0.1, 0.15) is 23.3 Å². The molecule has 1 amide bonds. The van der Waals surface area contributed by atoms with E-state index in [2.05, 4.69) is 9.97 Å². The molecule has 1 saturated heterocycles. The molecule has 166 valence electrons. The fraction of sp³-hybridized carbons (Fsp3) is 0.476. The Bertz CT molecular complexity index is 1030. The molecule has 31 heavy (non-hydrogen) atoms. The lowest BCUT2D eigenvalue weighted by Gasteiger charge is -2.32. The molecule has 10 heteroatoms. The second-order valence-electron chi connectivity index (χ2n) is 8.05. The largest absolute Gasteiger partial charge is 0.487 e. The maximum absolute atomic E-state index is 13.6. The quantitative estimate of drug-likeness (QED) is 0.695. The molecule has 2 atom stereocenters. The van der Waals surface area contributed by atoms with Gasteiger partial charge in [0.05, 0.1) is 12.2 Å². The van der Waals surface area contributed by atoms with E-state index in [9.17, 15) is 13.2 Å². The fourth-order valence-electron chi connectivity index (χ4n) is 4.12. The number of amides is 1. The Morgan fingerprint density at radius 3 is 2.71 bits per heavy atom. The molecule has 2 aromatic rings. The summed E-state index contributed by atoms with van der Waals surface area (Å²) in [5.74, 6) is 0.172. The van der Waals surface area contributed by atoms with Gasteiger partial charge in [-0.3, -0.25) is 9.78 Å². The first kappa shape index (κ1) is 21.7. The van der Waals surface area contributed by atoms with E-state index in [-0.39, 0.29) is 28.6 Å². The fourth-order valence-corrected chi connectivity index (χ4v) is 5.91. The van der Waals surface area contributed by atoms with Gasteiger partial charge in [0.1, 0.15) is 22.4 Å². The van der Waals surface area contributed by atoms with Crippen LogP contribution in [0.4, 0.5) is 0 Å². The number of nitrogens with zero attached hydrogens (tertiary/aromatic N) is 5. The Labute approximate surface area is 182 Å². The van der Waals surface area contributed by atoms with Crippen LogP contribution in [0.15, 0.2) is 47.8 Å². The van der Waals surface area contributed by atoms with Crippen LogP contribution in [-0.2, 0) is 10.0 Å². The van der Waals surface area contributed by atoms with Crippen LogP contribution in [0, 0.1) is 0 Å². The zero-order valence-electron chi connectivity index (χ0n) is 17.7. The van der Waals surface area contributed by atoms with E-state index in [1.54, 1.807) is 33.5 Å². The Morgan fingerprint density at radius 2 is 1.97 bits per heavy atom.